The van der Waals surface area contributed by atoms with Crippen LogP contribution in [0.15, 0.2) is 48.5 Å². The number of aromatic nitrogens is 2. The van der Waals surface area contributed by atoms with Gasteiger partial charge in [-0.1, -0.05) is 36.4 Å². The molecular weight excluding hydrogens is 370 g/mol. The number of para-hydroxylation sites is 2. The lowest BCUT2D eigenvalue weighted by atomic mass is 9.58. The molecule has 6 rings (SSSR count). The van der Waals surface area contributed by atoms with Crippen molar-refractivity contribution in [3.8, 4) is 0 Å². The number of aryl methyl sites for hydroxylation is 1. The summed E-state index contributed by atoms with van der Waals surface area (Å²) in [6, 6.07) is 17.3. The van der Waals surface area contributed by atoms with Crippen LogP contribution in [0.5, 0.6) is 0 Å². The Bertz CT molecular complexity index is 979. The van der Waals surface area contributed by atoms with E-state index in [1.54, 1.807) is 11.1 Å². The number of aromatic amines is 1. The fourth-order valence-corrected chi connectivity index (χ4v) is 5.93. The summed E-state index contributed by atoms with van der Waals surface area (Å²) in [7, 11) is 4.18. The first-order chi connectivity index (χ1) is 14.7. The van der Waals surface area contributed by atoms with Crippen LogP contribution < -0.4 is 0 Å². The maximum atomic E-state index is 6.29. The van der Waals surface area contributed by atoms with E-state index in [1.165, 1.54) is 19.3 Å². The van der Waals surface area contributed by atoms with Gasteiger partial charge >= 0.3 is 0 Å². The molecule has 0 unspecified atom stereocenters. The van der Waals surface area contributed by atoms with Crippen LogP contribution in [0.2, 0.25) is 0 Å². The molecule has 0 amide bonds. The van der Waals surface area contributed by atoms with Gasteiger partial charge in [0.1, 0.15) is 5.82 Å². The van der Waals surface area contributed by atoms with E-state index < -0.39 is 0 Å². The second-order valence-corrected chi connectivity index (χ2v) is 9.29. The fourth-order valence-electron chi connectivity index (χ4n) is 5.93. The highest BCUT2D eigenvalue weighted by Crippen LogP contribution is 2.56. The molecule has 2 aromatic carbocycles. The number of nitrogens with one attached hydrogen (secondary N) is 1. The number of H-pyrrole nitrogens is 1. The van der Waals surface area contributed by atoms with Crippen LogP contribution in [-0.2, 0) is 11.2 Å². The van der Waals surface area contributed by atoms with E-state index in [0.717, 1.165) is 49.2 Å². The number of fused-ring (bicyclic) bond motifs is 3. The Morgan fingerprint density at radius 3 is 2.70 bits per heavy atom. The van der Waals surface area contributed by atoms with Gasteiger partial charge in [0, 0.05) is 26.0 Å². The molecular formula is C26H33N3O. The summed E-state index contributed by atoms with van der Waals surface area (Å²) in [4.78, 5) is 10.6. The zero-order valence-corrected chi connectivity index (χ0v) is 18.2. The zero-order chi connectivity index (χ0) is 20.6. The minimum absolute atomic E-state index is 0.00423. The molecule has 1 heterocycles. The molecule has 0 saturated heterocycles. The molecule has 2 bridgehead atoms. The number of ether oxygens (including phenoxy) is 1. The Morgan fingerprint density at radius 1 is 1.07 bits per heavy atom. The second-order valence-electron chi connectivity index (χ2n) is 9.29. The fraction of sp³-hybridized carbons (Fsp3) is 0.500. The zero-order valence-electron chi connectivity index (χ0n) is 18.2. The van der Waals surface area contributed by atoms with Crippen LogP contribution in [0.25, 0.3) is 11.0 Å². The van der Waals surface area contributed by atoms with E-state index >= 15 is 0 Å². The predicted octanol–water partition coefficient (Wildman–Crippen LogP) is 5.27. The average molecular weight is 404 g/mol. The van der Waals surface area contributed by atoms with E-state index in [2.05, 4.69) is 59.4 Å². The molecule has 30 heavy (non-hydrogen) atoms. The lowest BCUT2D eigenvalue weighted by molar-refractivity contribution is -0.0794. The van der Waals surface area contributed by atoms with Gasteiger partial charge in [0.25, 0.3) is 0 Å². The second kappa shape index (κ2) is 8.16. The topological polar surface area (TPSA) is 41.1 Å². The minimum atomic E-state index is 0.00423. The Labute approximate surface area is 179 Å². The number of rotatable bonds is 8. The molecule has 0 radical (unpaired) electrons. The lowest BCUT2D eigenvalue weighted by Gasteiger charge is -2.52. The SMILES string of the molecule is CO[C@@]1(CCN(C)CCCc2nc3ccccc3[nH]2)C[C@@H]2CC[C@@H]1c1ccccc12. The lowest BCUT2D eigenvalue weighted by Crippen LogP contribution is -2.48. The first kappa shape index (κ1) is 19.8. The summed E-state index contributed by atoms with van der Waals surface area (Å²) in [6.45, 7) is 2.17. The van der Waals surface area contributed by atoms with Gasteiger partial charge in [0.2, 0.25) is 0 Å². The van der Waals surface area contributed by atoms with Crippen LogP contribution in [0, 0.1) is 0 Å². The molecule has 0 spiro atoms. The third-order valence-corrected chi connectivity index (χ3v) is 7.56. The summed E-state index contributed by atoms with van der Waals surface area (Å²) >= 11 is 0. The van der Waals surface area contributed by atoms with Crippen molar-refractivity contribution in [3.05, 3.63) is 65.5 Å². The van der Waals surface area contributed by atoms with Crippen molar-refractivity contribution in [2.75, 3.05) is 27.2 Å². The van der Waals surface area contributed by atoms with E-state index in [-0.39, 0.29) is 5.60 Å². The molecule has 3 aliphatic rings. The van der Waals surface area contributed by atoms with Gasteiger partial charge in [-0.05, 0) is 74.9 Å². The van der Waals surface area contributed by atoms with E-state index in [4.69, 9.17) is 9.72 Å². The van der Waals surface area contributed by atoms with Gasteiger partial charge in [-0.2, -0.15) is 0 Å². The summed E-state index contributed by atoms with van der Waals surface area (Å²) in [6.07, 6.45) is 6.99. The number of methoxy groups -OCH3 is 1. The van der Waals surface area contributed by atoms with Crippen molar-refractivity contribution in [3.63, 3.8) is 0 Å². The monoisotopic (exact) mass is 403 g/mol. The molecule has 3 atom stereocenters. The third-order valence-electron chi connectivity index (χ3n) is 7.56. The smallest absolute Gasteiger partial charge is 0.107 e. The highest BCUT2D eigenvalue weighted by molar-refractivity contribution is 5.74. The summed E-state index contributed by atoms with van der Waals surface area (Å²) < 4.78 is 6.29. The quantitative estimate of drug-likeness (QED) is 0.557. The van der Waals surface area contributed by atoms with Gasteiger partial charge < -0.3 is 14.6 Å². The van der Waals surface area contributed by atoms with Crippen LogP contribution in [-0.4, -0.2) is 47.7 Å². The highest BCUT2D eigenvalue weighted by atomic mass is 16.5. The molecule has 3 aromatic rings. The average Bonchev–Trinajstić information content (AvgIpc) is 3.21. The van der Waals surface area contributed by atoms with Crippen molar-refractivity contribution < 1.29 is 4.74 Å². The first-order valence-electron chi connectivity index (χ1n) is 11.4. The summed E-state index contributed by atoms with van der Waals surface area (Å²) in [5.74, 6) is 2.32. The first-order valence-corrected chi connectivity index (χ1v) is 11.4. The van der Waals surface area contributed by atoms with Gasteiger partial charge in [0.15, 0.2) is 0 Å². The molecule has 1 aromatic heterocycles. The highest BCUT2D eigenvalue weighted by Gasteiger charge is 2.50. The van der Waals surface area contributed by atoms with Crippen molar-refractivity contribution in [1.29, 1.82) is 0 Å². The van der Waals surface area contributed by atoms with E-state index in [1.807, 2.05) is 13.2 Å². The molecule has 0 aliphatic heterocycles. The number of imidazole rings is 1. The molecule has 1 saturated carbocycles. The van der Waals surface area contributed by atoms with Crippen molar-refractivity contribution in [2.45, 2.75) is 56.0 Å². The predicted molar refractivity (Wildman–Crippen MR) is 122 cm³/mol. The number of hydrogen-bond donors (Lipinski definition) is 1. The van der Waals surface area contributed by atoms with Crippen molar-refractivity contribution in [1.82, 2.24) is 14.9 Å². The molecule has 4 heteroatoms. The Hall–Kier alpha value is -2.17. The van der Waals surface area contributed by atoms with Gasteiger partial charge in [-0.3, -0.25) is 0 Å². The van der Waals surface area contributed by atoms with E-state index in [0.29, 0.717) is 11.8 Å². The van der Waals surface area contributed by atoms with E-state index in [9.17, 15) is 0 Å². The van der Waals surface area contributed by atoms with Crippen LogP contribution in [0.3, 0.4) is 0 Å². The minimum Gasteiger partial charge on any atom is -0.378 e. The largest absolute Gasteiger partial charge is 0.378 e. The van der Waals surface area contributed by atoms with Crippen molar-refractivity contribution in [2.24, 2.45) is 0 Å². The molecule has 1 fully saturated rings. The summed E-state index contributed by atoms with van der Waals surface area (Å²) in [5.41, 5.74) is 5.34. The Kier molecular flexibility index (Phi) is 5.38. The number of nitrogens with zero attached hydrogens (tertiary/aromatic N) is 2. The molecule has 158 valence electrons. The third kappa shape index (κ3) is 3.57. The van der Waals surface area contributed by atoms with Crippen LogP contribution >= 0.6 is 0 Å². The normalized spacial score (nSPS) is 25.2. The number of benzene rings is 2. The Morgan fingerprint density at radius 2 is 1.87 bits per heavy atom. The molecule has 3 aliphatic carbocycles. The molecule has 4 nitrogen and oxygen atoms in total. The van der Waals surface area contributed by atoms with Crippen LogP contribution in [0.1, 0.15) is 60.9 Å². The van der Waals surface area contributed by atoms with Crippen LogP contribution in [0.4, 0.5) is 0 Å². The van der Waals surface area contributed by atoms with Gasteiger partial charge in [-0.15, -0.1) is 0 Å². The molecule has 1 N–H and O–H groups in total. The standard InChI is InChI=1S/C26H33N3O/c1-29(16-7-12-25-27-23-10-5-6-11-24(23)28-25)17-15-26(30-2)18-19-13-14-22(26)21-9-4-3-8-20(19)21/h3-6,8-11,19,22H,7,12-18H2,1-2H3,(H,27,28)/t19-,22+,26-/m0/s1. The maximum Gasteiger partial charge on any atom is 0.107 e. The van der Waals surface area contributed by atoms with Gasteiger partial charge in [-0.25, -0.2) is 4.98 Å². The summed E-state index contributed by atoms with van der Waals surface area (Å²) in [5, 5.41) is 0. The Balaban J connectivity index is 1.17. The van der Waals surface area contributed by atoms with Crippen molar-refractivity contribution >= 4 is 11.0 Å². The number of hydrogen-bond acceptors (Lipinski definition) is 3. The maximum absolute atomic E-state index is 6.29. The van der Waals surface area contributed by atoms with Gasteiger partial charge in [0.05, 0.1) is 16.6 Å².